The lowest BCUT2D eigenvalue weighted by atomic mass is 10.2. The predicted octanol–water partition coefficient (Wildman–Crippen LogP) is 2.26. The number of nitrogens with one attached hydrogen (secondary N) is 2. The molecular formula is C18H28N2O4. The van der Waals surface area contributed by atoms with E-state index in [4.69, 9.17) is 14.2 Å². The highest BCUT2D eigenvalue weighted by Crippen LogP contribution is 2.12. The first-order valence-corrected chi connectivity index (χ1v) is 8.64. The van der Waals surface area contributed by atoms with E-state index in [-0.39, 0.29) is 12.1 Å². The molecule has 6 heteroatoms. The first-order chi connectivity index (χ1) is 11.7. The number of hydrogen-bond acceptors (Lipinski definition) is 4. The number of carbonyl (C=O) groups is 1. The van der Waals surface area contributed by atoms with E-state index >= 15 is 0 Å². The molecule has 2 N–H and O–H groups in total. The summed E-state index contributed by atoms with van der Waals surface area (Å²) in [6, 6.07) is 7.66. The number of hydrogen-bond donors (Lipinski definition) is 2. The Balaban J connectivity index is 1.40. The quantitative estimate of drug-likeness (QED) is 0.643. The molecule has 1 aliphatic rings. The van der Waals surface area contributed by atoms with E-state index in [1.165, 1.54) is 5.56 Å². The van der Waals surface area contributed by atoms with Gasteiger partial charge in [-0.3, -0.25) is 0 Å². The van der Waals surface area contributed by atoms with Crippen LogP contribution in [0.4, 0.5) is 4.79 Å². The molecule has 1 aliphatic heterocycles. The second kappa shape index (κ2) is 10.9. The van der Waals surface area contributed by atoms with Crippen molar-refractivity contribution in [3.8, 4) is 5.75 Å². The van der Waals surface area contributed by atoms with E-state index in [2.05, 4.69) is 10.6 Å². The van der Waals surface area contributed by atoms with Crippen molar-refractivity contribution in [1.29, 1.82) is 0 Å². The SMILES string of the molecule is Cc1ccc(OCCNC(=O)NCCCOCC2CCCO2)cc1. The van der Waals surface area contributed by atoms with Gasteiger partial charge < -0.3 is 24.8 Å². The van der Waals surface area contributed by atoms with Crippen LogP contribution in [0.15, 0.2) is 24.3 Å². The van der Waals surface area contributed by atoms with Crippen molar-refractivity contribution in [2.45, 2.75) is 32.3 Å². The number of ether oxygens (including phenoxy) is 3. The van der Waals surface area contributed by atoms with Crippen LogP contribution in [0.3, 0.4) is 0 Å². The fourth-order valence-corrected chi connectivity index (χ4v) is 2.40. The summed E-state index contributed by atoms with van der Waals surface area (Å²) in [6.07, 6.45) is 3.27. The van der Waals surface area contributed by atoms with Crippen LogP contribution in [0.25, 0.3) is 0 Å². The molecule has 1 unspecified atom stereocenters. The second-order valence-electron chi connectivity index (χ2n) is 5.91. The predicted molar refractivity (Wildman–Crippen MR) is 92.5 cm³/mol. The van der Waals surface area contributed by atoms with Gasteiger partial charge in [-0.25, -0.2) is 4.79 Å². The Morgan fingerprint density at radius 1 is 1.21 bits per heavy atom. The lowest BCUT2D eigenvalue weighted by Gasteiger charge is -2.11. The highest BCUT2D eigenvalue weighted by molar-refractivity contribution is 5.73. The molecule has 0 saturated carbocycles. The summed E-state index contributed by atoms with van der Waals surface area (Å²) in [5.41, 5.74) is 1.19. The molecule has 0 spiro atoms. The standard InChI is InChI=1S/C18H28N2O4/c1-15-5-7-16(8-6-15)24-13-10-20-18(21)19-9-3-11-22-14-17-4-2-12-23-17/h5-8,17H,2-4,9-14H2,1H3,(H2,19,20,21). The minimum absolute atomic E-state index is 0.179. The normalized spacial score (nSPS) is 16.8. The smallest absolute Gasteiger partial charge is 0.314 e. The molecule has 134 valence electrons. The van der Waals surface area contributed by atoms with Gasteiger partial charge in [0, 0.05) is 19.8 Å². The van der Waals surface area contributed by atoms with Crippen LogP contribution in [-0.2, 0) is 9.47 Å². The number of urea groups is 1. The summed E-state index contributed by atoms with van der Waals surface area (Å²) in [5, 5.41) is 5.56. The lowest BCUT2D eigenvalue weighted by Crippen LogP contribution is -2.38. The highest BCUT2D eigenvalue weighted by Gasteiger charge is 2.14. The van der Waals surface area contributed by atoms with Crippen LogP contribution in [-0.4, -0.2) is 51.7 Å². The van der Waals surface area contributed by atoms with Gasteiger partial charge in [-0.2, -0.15) is 0 Å². The molecule has 2 amide bonds. The van der Waals surface area contributed by atoms with Crippen molar-refractivity contribution in [3.63, 3.8) is 0 Å². The molecule has 2 rings (SSSR count). The summed E-state index contributed by atoms with van der Waals surface area (Å²) >= 11 is 0. The van der Waals surface area contributed by atoms with Crippen LogP contribution < -0.4 is 15.4 Å². The van der Waals surface area contributed by atoms with Crippen molar-refractivity contribution >= 4 is 6.03 Å². The maximum atomic E-state index is 11.6. The zero-order chi connectivity index (χ0) is 17.0. The maximum Gasteiger partial charge on any atom is 0.314 e. The Hall–Kier alpha value is -1.79. The lowest BCUT2D eigenvalue weighted by molar-refractivity contribution is 0.0168. The Morgan fingerprint density at radius 2 is 2.00 bits per heavy atom. The number of amides is 2. The molecule has 0 aliphatic carbocycles. The van der Waals surface area contributed by atoms with Gasteiger partial charge in [0.15, 0.2) is 0 Å². The minimum atomic E-state index is -0.179. The molecular weight excluding hydrogens is 308 g/mol. The third-order valence-corrected chi connectivity index (χ3v) is 3.76. The van der Waals surface area contributed by atoms with Crippen LogP contribution in [0.2, 0.25) is 0 Å². The van der Waals surface area contributed by atoms with E-state index < -0.39 is 0 Å². The number of carbonyl (C=O) groups excluding carboxylic acids is 1. The van der Waals surface area contributed by atoms with Crippen LogP contribution >= 0.6 is 0 Å². The van der Waals surface area contributed by atoms with Crippen molar-refractivity contribution < 1.29 is 19.0 Å². The molecule has 1 aromatic rings. The van der Waals surface area contributed by atoms with Gasteiger partial charge in [0.05, 0.1) is 19.3 Å². The van der Waals surface area contributed by atoms with Crippen molar-refractivity contribution in [1.82, 2.24) is 10.6 Å². The van der Waals surface area contributed by atoms with E-state index in [1.54, 1.807) is 0 Å². The van der Waals surface area contributed by atoms with Crippen LogP contribution in [0.5, 0.6) is 5.75 Å². The largest absolute Gasteiger partial charge is 0.492 e. The number of rotatable bonds is 10. The summed E-state index contributed by atoms with van der Waals surface area (Å²) in [7, 11) is 0. The fraction of sp³-hybridized carbons (Fsp3) is 0.611. The average molecular weight is 336 g/mol. The molecule has 1 heterocycles. The average Bonchev–Trinajstić information content (AvgIpc) is 3.10. The van der Waals surface area contributed by atoms with Crippen LogP contribution in [0.1, 0.15) is 24.8 Å². The summed E-state index contributed by atoms with van der Waals surface area (Å²) in [5.74, 6) is 0.811. The van der Waals surface area contributed by atoms with E-state index in [0.29, 0.717) is 32.9 Å². The van der Waals surface area contributed by atoms with Gasteiger partial charge in [0.1, 0.15) is 12.4 Å². The fourth-order valence-electron chi connectivity index (χ4n) is 2.40. The molecule has 0 aromatic heterocycles. The molecule has 0 radical (unpaired) electrons. The Labute approximate surface area is 143 Å². The van der Waals surface area contributed by atoms with E-state index in [9.17, 15) is 4.79 Å². The molecule has 1 atom stereocenters. The Bertz CT molecular complexity index is 472. The topological polar surface area (TPSA) is 68.8 Å². The highest BCUT2D eigenvalue weighted by atomic mass is 16.5. The van der Waals surface area contributed by atoms with Gasteiger partial charge in [0.2, 0.25) is 0 Å². The van der Waals surface area contributed by atoms with Crippen LogP contribution in [0, 0.1) is 6.92 Å². The zero-order valence-corrected chi connectivity index (χ0v) is 14.4. The first kappa shape index (κ1) is 18.5. The number of aryl methyl sites for hydroxylation is 1. The monoisotopic (exact) mass is 336 g/mol. The Morgan fingerprint density at radius 3 is 2.75 bits per heavy atom. The number of benzene rings is 1. The summed E-state index contributed by atoms with van der Waals surface area (Å²) in [4.78, 5) is 11.6. The molecule has 1 saturated heterocycles. The molecule has 0 bridgehead atoms. The first-order valence-electron chi connectivity index (χ1n) is 8.64. The third kappa shape index (κ3) is 7.66. The maximum absolute atomic E-state index is 11.6. The van der Waals surface area contributed by atoms with Gasteiger partial charge in [-0.15, -0.1) is 0 Å². The van der Waals surface area contributed by atoms with Gasteiger partial charge in [0.25, 0.3) is 0 Å². The molecule has 1 fully saturated rings. The minimum Gasteiger partial charge on any atom is -0.492 e. The summed E-state index contributed by atoms with van der Waals surface area (Å²) < 4.78 is 16.6. The van der Waals surface area contributed by atoms with Gasteiger partial charge in [-0.1, -0.05) is 17.7 Å². The van der Waals surface area contributed by atoms with E-state index in [0.717, 1.165) is 31.6 Å². The Kier molecular flexibility index (Phi) is 8.41. The van der Waals surface area contributed by atoms with Crippen molar-refractivity contribution in [2.24, 2.45) is 0 Å². The molecule has 6 nitrogen and oxygen atoms in total. The second-order valence-corrected chi connectivity index (χ2v) is 5.91. The zero-order valence-electron chi connectivity index (χ0n) is 14.4. The van der Waals surface area contributed by atoms with E-state index in [1.807, 2.05) is 31.2 Å². The molecule has 24 heavy (non-hydrogen) atoms. The van der Waals surface area contributed by atoms with Crippen molar-refractivity contribution in [2.75, 3.05) is 39.5 Å². The van der Waals surface area contributed by atoms with Crippen molar-refractivity contribution in [3.05, 3.63) is 29.8 Å². The van der Waals surface area contributed by atoms with Gasteiger partial charge >= 0.3 is 6.03 Å². The van der Waals surface area contributed by atoms with Gasteiger partial charge in [-0.05, 0) is 38.3 Å². The molecule has 1 aromatic carbocycles. The summed E-state index contributed by atoms with van der Waals surface area (Å²) in [6.45, 7) is 5.68. The third-order valence-electron chi connectivity index (χ3n) is 3.76.